The van der Waals surface area contributed by atoms with Gasteiger partial charge in [-0.25, -0.2) is 4.39 Å². The van der Waals surface area contributed by atoms with Gasteiger partial charge in [0.05, 0.1) is 12.1 Å². The molecule has 2 aromatic carbocycles. The van der Waals surface area contributed by atoms with Gasteiger partial charge in [0.1, 0.15) is 24.2 Å². The number of carbonyl (C=O) groups is 1. The molecule has 0 radical (unpaired) electrons. The van der Waals surface area contributed by atoms with E-state index in [1.807, 2.05) is 0 Å². The van der Waals surface area contributed by atoms with Gasteiger partial charge < -0.3 is 15.2 Å². The number of hydrogen-bond acceptors (Lipinski definition) is 4. The molecule has 6 heteroatoms. The summed E-state index contributed by atoms with van der Waals surface area (Å²) in [6, 6.07) is 10.8. The van der Waals surface area contributed by atoms with Gasteiger partial charge >= 0.3 is 5.97 Å². The van der Waals surface area contributed by atoms with Crippen molar-refractivity contribution in [2.24, 2.45) is 5.73 Å². The molecule has 0 bridgehead atoms. The van der Waals surface area contributed by atoms with Crippen molar-refractivity contribution >= 4 is 17.6 Å². The van der Waals surface area contributed by atoms with E-state index in [1.54, 1.807) is 36.4 Å². The monoisotopic (exact) mass is 337 g/mol. The molecule has 0 spiro atoms. The minimum Gasteiger partial charge on any atom is -0.489 e. The number of esters is 1. The van der Waals surface area contributed by atoms with E-state index >= 15 is 0 Å². The standard InChI is InChI=1S/C17H17ClFNO3/c1-22-17(21)16(20)9-11-5-7-12(8-6-11)23-10-13-14(18)3-2-4-15(13)19/h2-8,16H,9-10,20H2,1H3. The van der Waals surface area contributed by atoms with Gasteiger partial charge in [0.2, 0.25) is 0 Å². The van der Waals surface area contributed by atoms with Crippen LogP contribution in [0, 0.1) is 5.82 Å². The Morgan fingerprint density at radius 3 is 2.57 bits per heavy atom. The lowest BCUT2D eigenvalue weighted by Gasteiger charge is -2.11. The van der Waals surface area contributed by atoms with E-state index in [-0.39, 0.29) is 6.61 Å². The summed E-state index contributed by atoms with van der Waals surface area (Å²) in [6.45, 7) is 0.0343. The zero-order valence-corrected chi connectivity index (χ0v) is 13.3. The van der Waals surface area contributed by atoms with Crippen LogP contribution >= 0.6 is 11.6 Å². The number of benzene rings is 2. The normalized spacial score (nSPS) is 11.8. The largest absolute Gasteiger partial charge is 0.489 e. The van der Waals surface area contributed by atoms with Crippen molar-refractivity contribution in [1.82, 2.24) is 0 Å². The molecule has 0 aromatic heterocycles. The van der Waals surface area contributed by atoms with Crippen LogP contribution in [0.3, 0.4) is 0 Å². The summed E-state index contributed by atoms with van der Waals surface area (Å²) in [5.41, 5.74) is 6.89. The van der Waals surface area contributed by atoms with E-state index in [4.69, 9.17) is 22.1 Å². The molecule has 0 aliphatic carbocycles. The van der Waals surface area contributed by atoms with Gasteiger partial charge in [0.25, 0.3) is 0 Å². The maximum absolute atomic E-state index is 13.6. The average molecular weight is 338 g/mol. The van der Waals surface area contributed by atoms with Crippen molar-refractivity contribution in [3.8, 4) is 5.75 Å². The molecule has 0 heterocycles. The lowest BCUT2D eigenvalue weighted by Crippen LogP contribution is -2.33. The third-order valence-corrected chi connectivity index (χ3v) is 3.68. The molecule has 4 nitrogen and oxygen atoms in total. The van der Waals surface area contributed by atoms with E-state index < -0.39 is 17.8 Å². The minimum absolute atomic E-state index is 0.0343. The zero-order chi connectivity index (χ0) is 16.8. The van der Waals surface area contributed by atoms with Crippen molar-refractivity contribution in [3.05, 3.63) is 64.4 Å². The summed E-state index contributed by atoms with van der Waals surface area (Å²) < 4.78 is 23.8. The quantitative estimate of drug-likeness (QED) is 0.823. The van der Waals surface area contributed by atoms with Gasteiger partial charge in [-0.2, -0.15) is 0 Å². The number of hydrogen-bond donors (Lipinski definition) is 1. The Kier molecular flexibility index (Phi) is 5.96. The molecule has 0 saturated carbocycles. The predicted molar refractivity (Wildman–Crippen MR) is 85.9 cm³/mol. The van der Waals surface area contributed by atoms with Crippen LogP contribution in [0.2, 0.25) is 5.02 Å². The van der Waals surface area contributed by atoms with Crippen LogP contribution in [0.4, 0.5) is 4.39 Å². The van der Waals surface area contributed by atoms with Crippen LogP contribution in [-0.4, -0.2) is 19.1 Å². The van der Waals surface area contributed by atoms with Gasteiger partial charge in [-0.3, -0.25) is 4.79 Å². The first-order valence-corrected chi connectivity index (χ1v) is 7.37. The third-order valence-electron chi connectivity index (χ3n) is 3.33. The third kappa shape index (κ3) is 4.68. The first-order valence-electron chi connectivity index (χ1n) is 6.99. The highest BCUT2D eigenvalue weighted by Crippen LogP contribution is 2.21. The highest BCUT2D eigenvalue weighted by molar-refractivity contribution is 6.31. The summed E-state index contributed by atoms with van der Waals surface area (Å²) in [6.07, 6.45) is 0.367. The molecule has 1 atom stereocenters. The highest BCUT2D eigenvalue weighted by atomic mass is 35.5. The first kappa shape index (κ1) is 17.2. The van der Waals surface area contributed by atoms with E-state index in [1.165, 1.54) is 13.2 Å². The van der Waals surface area contributed by atoms with Crippen molar-refractivity contribution < 1.29 is 18.7 Å². The second-order valence-corrected chi connectivity index (χ2v) is 5.37. The van der Waals surface area contributed by atoms with E-state index in [9.17, 15) is 9.18 Å². The average Bonchev–Trinajstić information content (AvgIpc) is 2.55. The Bertz CT molecular complexity index is 656. The molecule has 0 amide bonds. The molecular formula is C17H17ClFNO3. The van der Waals surface area contributed by atoms with Crippen LogP contribution in [0.25, 0.3) is 0 Å². The van der Waals surface area contributed by atoms with Gasteiger partial charge in [0, 0.05) is 5.56 Å². The molecule has 2 aromatic rings. The fourth-order valence-corrected chi connectivity index (χ4v) is 2.25. The summed E-state index contributed by atoms with van der Waals surface area (Å²) in [4.78, 5) is 11.3. The molecule has 23 heavy (non-hydrogen) atoms. The molecule has 0 aliphatic heterocycles. The van der Waals surface area contributed by atoms with Gasteiger partial charge in [0.15, 0.2) is 0 Å². The second-order valence-electron chi connectivity index (χ2n) is 4.97. The predicted octanol–water partition coefficient (Wildman–Crippen LogP) is 3.10. The van der Waals surface area contributed by atoms with Crippen molar-refractivity contribution in [2.45, 2.75) is 19.1 Å². The number of halogens is 2. The molecule has 0 saturated heterocycles. The fourth-order valence-electron chi connectivity index (χ4n) is 2.04. The molecule has 0 aliphatic rings. The first-order chi connectivity index (χ1) is 11.0. The van der Waals surface area contributed by atoms with Gasteiger partial charge in [-0.15, -0.1) is 0 Å². The van der Waals surface area contributed by atoms with Crippen molar-refractivity contribution in [3.63, 3.8) is 0 Å². The SMILES string of the molecule is COC(=O)C(N)Cc1ccc(OCc2c(F)cccc2Cl)cc1. The van der Waals surface area contributed by atoms with Gasteiger partial charge in [-0.05, 0) is 36.2 Å². The van der Waals surface area contributed by atoms with E-state index in [0.29, 0.717) is 22.8 Å². The van der Waals surface area contributed by atoms with Gasteiger partial charge in [-0.1, -0.05) is 29.8 Å². The van der Waals surface area contributed by atoms with Crippen LogP contribution < -0.4 is 10.5 Å². The topological polar surface area (TPSA) is 61.5 Å². The molecule has 2 rings (SSSR count). The highest BCUT2D eigenvalue weighted by Gasteiger charge is 2.14. The fraction of sp³-hybridized carbons (Fsp3) is 0.235. The summed E-state index contributed by atoms with van der Waals surface area (Å²) in [5, 5.41) is 0.325. The number of ether oxygens (including phenoxy) is 2. The maximum Gasteiger partial charge on any atom is 0.322 e. The summed E-state index contributed by atoms with van der Waals surface area (Å²) in [5.74, 6) is -0.294. The summed E-state index contributed by atoms with van der Waals surface area (Å²) >= 11 is 5.94. The molecule has 0 fully saturated rings. The lowest BCUT2D eigenvalue weighted by atomic mass is 10.1. The Balaban J connectivity index is 1.96. The zero-order valence-electron chi connectivity index (χ0n) is 12.6. The van der Waals surface area contributed by atoms with E-state index in [2.05, 4.69) is 4.74 Å². The molecule has 1 unspecified atom stereocenters. The summed E-state index contributed by atoms with van der Waals surface area (Å²) in [7, 11) is 1.30. The minimum atomic E-state index is -0.705. The Morgan fingerprint density at radius 2 is 1.96 bits per heavy atom. The molecule has 122 valence electrons. The number of carbonyl (C=O) groups excluding carboxylic acids is 1. The van der Waals surface area contributed by atoms with Crippen molar-refractivity contribution in [1.29, 1.82) is 0 Å². The Labute approximate surface area is 139 Å². The smallest absolute Gasteiger partial charge is 0.322 e. The van der Waals surface area contributed by atoms with Crippen molar-refractivity contribution in [2.75, 3.05) is 7.11 Å². The number of methoxy groups -OCH3 is 1. The van der Waals surface area contributed by atoms with Crippen LogP contribution in [-0.2, 0) is 22.6 Å². The second kappa shape index (κ2) is 7.94. The Morgan fingerprint density at radius 1 is 1.26 bits per heavy atom. The maximum atomic E-state index is 13.6. The van der Waals surface area contributed by atoms with E-state index in [0.717, 1.165) is 5.56 Å². The molecule has 2 N–H and O–H groups in total. The molecular weight excluding hydrogens is 321 g/mol. The van der Waals surface area contributed by atoms with Crippen LogP contribution in [0.1, 0.15) is 11.1 Å². The lowest BCUT2D eigenvalue weighted by molar-refractivity contribution is -0.142. The van der Waals surface area contributed by atoms with Crippen LogP contribution in [0.5, 0.6) is 5.75 Å². The number of nitrogens with two attached hydrogens (primary N) is 1. The van der Waals surface area contributed by atoms with Crippen LogP contribution in [0.15, 0.2) is 42.5 Å². The Hall–Kier alpha value is -2.11. The number of rotatable bonds is 6.